The van der Waals surface area contributed by atoms with Gasteiger partial charge in [-0.3, -0.25) is 0 Å². The van der Waals surface area contributed by atoms with Crippen molar-refractivity contribution in [2.24, 2.45) is 0 Å². The monoisotopic (exact) mass is 338 g/mol. The molecule has 1 N–H and O–H groups in total. The first-order valence-corrected chi connectivity index (χ1v) is 6.65. The van der Waals surface area contributed by atoms with Crippen LogP contribution in [-0.2, 0) is 6.54 Å². The molecular weight excluding hydrogens is 331 g/mol. The summed E-state index contributed by atoms with van der Waals surface area (Å²) in [7, 11) is 0. The van der Waals surface area contributed by atoms with Crippen LogP contribution in [0.3, 0.4) is 0 Å². The second-order valence-corrected chi connectivity index (χ2v) is 5.19. The summed E-state index contributed by atoms with van der Waals surface area (Å²) in [5.41, 5.74) is 1.61. The molecular formula is C14H9BrClFN2. The Morgan fingerprint density at radius 2 is 2.11 bits per heavy atom. The van der Waals surface area contributed by atoms with Crippen molar-refractivity contribution in [1.82, 2.24) is 0 Å². The molecule has 0 radical (unpaired) electrons. The highest BCUT2D eigenvalue weighted by Gasteiger charge is 2.07. The van der Waals surface area contributed by atoms with Crippen LogP contribution in [0.2, 0.25) is 5.02 Å². The minimum atomic E-state index is -0.438. The Morgan fingerprint density at radius 3 is 2.84 bits per heavy atom. The van der Waals surface area contributed by atoms with E-state index in [0.29, 0.717) is 16.8 Å². The smallest absolute Gasteiger partial charge is 0.146 e. The highest BCUT2D eigenvalue weighted by atomic mass is 79.9. The Labute approximate surface area is 123 Å². The Balaban J connectivity index is 2.20. The van der Waals surface area contributed by atoms with Gasteiger partial charge in [0.1, 0.15) is 11.9 Å². The van der Waals surface area contributed by atoms with Gasteiger partial charge in [-0.1, -0.05) is 39.7 Å². The molecule has 2 rings (SSSR count). The van der Waals surface area contributed by atoms with Gasteiger partial charge in [0.25, 0.3) is 0 Å². The zero-order valence-electron chi connectivity index (χ0n) is 9.75. The lowest BCUT2D eigenvalue weighted by Crippen LogP contribution is -2.03. The molecule has 0 bridgehead atoms. The zero-order chi connectivity index (χ0) is 13.8. The number of halogens is 3. The molecule has 0 saturated carbocycles. The summed E-state index contributed by atoms with van der Waals surface area (Å²) >= 11 is 9.01. The van der Waals surface area contributed by atoms with Crippen molar-refractivity contribution in [3.8, 4) is 6.07 Å². The van der Waals surface area contributed by atoms with E-state index >= 15 is 0 Å². The van der Waals surface area contributed by atoms with E-state index in [9.17, 15) is 4.39 Å². The van der Waals surface area contributed by atoms with Crippen LogP contribution in [0.5, 0.6) is 0 Å². The average Bonchev–Trinajstić information content (AvgIpc) is 2.41. The van der Waals surface area contributed by atoms with Crippen LogP contribution in [0.1, 0.15) is 11.1 Å². The van der Waals surface area contributed by atoms with Crippen molar-refractivity contribution in [1.29, 1.82) is 5.26 Å². The summed E-state index contributed by atoms with van der Waals surface area (Å²) in [5.74, 6) is -0.438. The van der Waals surface area contributed by atoms with Crippen molar-refractivity contribution in [3.63, 3.8) is 0 Å². The van der Waals surface area contributed by atoms with E-state index in [1.165, 1.54) is 6.07 Å². The van der Waals surface area contributed by atoms with Crippen molar-refractivity contribution >= 4 is 33.2 Å². The van der Waals surface area contributed by atoms with Gasteiger partial charge < -0.3 is 5.32 Å². The third-order valence-electron chi connectivity index (χ3n) is 2.60. The maximum atomic E-state index is 13.7. The van der Waals surface area contributed by atoms with Crippen LogP contribution in [0.15, 0.2) is 40.9 Å². The maximum absolute atomic E-state index is 13.7. The molecule has 0 spiro atoms. The second kappa shape index (κ2) is 6.05. The number of nitrogens with one attached hydrogen (secondary N) is 1. The second-order valence-electron chi connectivity index (χ2n) is 3.87. The highest BCUT2D eigenvalue weighted by Crippen LogP contribution is 2.22. The van der Waals surface area contributed by atoms with Crippen LogP contribution in [0.4, 0.5) is 10.1 Å². The van der Waals surface area contributed by atoms with Crippen molar-refractivity contribution in [2.45, 2.75) is 6.54 Å². The molecule has 96 valence electrons. The van der Waals surface area contributed by atoms with Crippen molar-refractivity contribution in [2.75, 3.05) is 5.32 Å². The molecule has 0 unspecified atom stereocenters. The van der Waals surface area contributed by atoms with Gasteiger partial charge >= 0.3 is 0 Å². The summed E-state index contributed by atoms with van der Waals surface area (Å²) in [6, 6.07) is 12.2. The van der Waals surface area contributed by atoms with E-state index in [2.05, 4.69) is 27.3 Å². The van der Waals surface area contributed by atoms with E-state index in [-0.39, 0.29) is 11.6 Å². The van der Waals surface area contributed by atoms with E-state index in [1.807, 2.05) is 6.07 Å². The predicted octanol–water partition coefficient (Wildman–Crippen LogP) is 4.73. The van der Waals surface area contributed by atoms with Crippen LogP contribution < -0.4 is 5.32 Å². The quantitative estimate of drug-likeness (QED) is 0.878. The summed E-state index contributed by atoms with van der Waals surface area (Å²) in [5, 5.41) is 12.2. The molecule has 0 heterocycles. The lowest BCUT2D eigenvalue weighted by Gasteiger charge is -2.10. The van der Waals surface area contributed by atoms with Crippen LogP contribution in [0, 0.1) is 17.1 Å². The molecule has 0 saturated heterocycles. The molecule has 0 aliphatic carbocycles. The molecule has 2 nitrogen and oxygen atoms in total. The van der Waals surface area contributed by atoms with Gasteiger partial charge in [0.05, 0.1) is 16.3 Å². The van der Waals surface area contributed by atoms with Gasteiger partial charge in [0.2, 0.25) is 0 Å². The number of anilines is 1. The number of rotatable bonds is 3. The molecule has 19 heavy (non-hydrogen) atoms. The Hall–Kier alpha value is -1.57. The standard InChI is InChI=1S/C14H9BrClFN2/c15-11-4-5-13(10(6-11)7-18)19-8-9-2-1-3-12(16)14(9)17/h1-6,19H,8H2. The number of benzene rings is 2. The van der Waals surface area contributed by atoms with E-state index < -0.39 is 5.82 Å². The van der Waals surface area contributed by atoms with Crippen molar-refractivity contribution in [3.05, 3.63) is 62.8 Å². The molecule has 0 amide bonds. The minimum Gasteiger partial charge on any atom is -0.380 e. The van der Waals surface area contributed by atoms with E-state index in [0.717, 1.165) is 4.47 Å². The summed E-state index contributed by atoms with van der Waals surface area (Å²) in [4.78, 5) is 0. The van der Waals surface area contributed by atoms with Gasteiger partial charge in [-0.2, -0.15) is 5.26 Å². The van der Waals surface area contributed by atoms with Gasteiger partial charge in [-0.15, -0.1) is 0 Å². The Morgan fingerprint density at radius 1 is 1.32 bits per heavy atom. The molecule has 2 aromatic rings. The fraction of sp³-hybridized carbons (Fsp3) is 0.0714. The van der Waals surface area contributed by atoms with Crippen LogP contribution in [0.25, 0.3) is 0 Å². The molecule has 0 fully saturated rings. The first-order valence-electron chi connectivity index (χ1n) is 5.48. The van der Waals surface area contributed by atoms with Gasteiger partial charge in [-0.25, -0.2) is 4.39 Å². The number of hydrogen-bond donors (Lipinski definition) is 1. The topological polar surface area (TPSA) is 35.8 Å². The number of hydrogen-bond acceptors (Lipinski definition) is 2. The maximum Gasteiger partial charge on any atom is 0.146 e. The lowest BCUT2D eigenvalue weighted by molar-refractivity contribution is 0.613. The van der Waals surface area contributed by atoms with E-state index in [1.54, 1.807) is 24.3 Å². The van der Waals surface area contributed by atoms with Gasteiger partial charge in [-0.05, 0) is 24.3 Å². The Kier molecular flexibility index (Phi) is 4.41. The molecule has 0 aliphatic heterocycles. The van der Waals surface area contributed by atoms with Crippen LogP contribution >= 0.6 is 27.5 Å². The number of nitrogens with zero attached hydrogens (tertiary/aromatic N) is 1. The summed E-state index contributed by atoms with van der Waals surface area (Å²) < 4.78 is 14.5. The molecule has 0 aliphatic rings. The SMILES string of the molecule is N#Cc1cc(Br)ccc1NCc1cccc(Cl)c1F. The van der Waals surface area contributed by atoms with Crippen LogP contribution in [-0.4, -0.2) is 0 Å². The first kappa shape index (κ1) is 13.9. The largest absolute Gasteiger partial charge is 0.380 e. The number of nitriles is 1. The van der Waals surface area contributed by atoms with Gasteiger partial charge in [0, 0.05) is 16.6 Å². The van der Waals surface area contributed by atoms with Gasteiger partial charge in [0.15, 0.2) is 0 Å². The minimum absolute atomic E-state index is 0.0932. The third-order valence-corrected chi connectivity index (χ3v) is 3.39. The normalized spacial score (nSPS) is 10.0. The first-order chi connectivity index (χ1) is 9.11. The van der Waals surface area contributed by atoms with E-state index in [4.69, 9.17) is 16.9 Å². The zero-order valence-corrected chi connectivity index (χ0v) is 12.1. The molecule has 2 aromatic carbocycles. The summed E-state index contributed by atoms with van der Waals surface area (Å²) in [6.45, 7) is 0.267. The summed E-state index contributed by atoms with van der Waals surface area (Å²) in [6.07, 6.45) is 0. The molecule has 0 aromatic heterocycles. The van der Waals surface area contributed by atoms with Crippen molar-refractivity contribution < 1.29 is 4.39 Å². The molecule has 0 atom stereocenters. The predicted molar refractivity (Wildman–Crippen MR) is 77.6 cm³/mol. The fourth-order valence-electron chi connectivity index (χ4n) is 1.64. The highest BCUT2D eigenvalue weighted by molar-refractivity contribution is 9.10. The fourth-order valence-corrected chi connectivity index (χ4v) is 2.19. The average molecular weight is 340 g/mol. The third kappa shape index (κ3) is 3.25. The Bertz CT molecular complexity index is 652. The lowest BCUT2D eigenvalue weighted by atomic mass is 10.1. The molecule has 5 heteroatoms.